The van der Waals surface area contributed by atoms with Crippen LogP contribution in [0.3, 0.4) is 0 Å². The van der Waals surface area contributed by atoms with Crippen LogP contribution < -0.4 is 5.56 Å². The largest absolute Gasteiger partial charge is 0.336 e. The van der Waals surface area contributed by atoms with Gasteiger partial charge in [-0.3, -0.25) is 4.79 Å². The Morgan fingerprint density at radius 1 is 1.53 bits per heavy atom. The standard InChI is InChI=1S/C9H9ClN4O/c1-13-6-11-4-7(13)5-14-3-2-12-8(10)9(14)15/h2-4,6H,5H2,1H3. The van der Waals surface area contributed by atoms with E-state index in [-0.39, 0.29) is 10.7 Å². The van der Waals surface area contributed by atoms with E-state index >= 15 is 0 Å². The van der Waals surface area contributed by atoms with E-state index in [1.165, 1.54) is 10.8 Å². The Morgan fingerprint density at radius 3 is 3.00 bits per heavy atom. The van der Waals surface area contributed by atoms with Crippen LogP contribution in [0.25, 0.3) is 0 Å². The minimum Gasteiger partial charge on any atom is -0.336 e. The molecule has 0 aromatic carbocycles. The maximum absolute atomic E-state index is 11.5. The average molecular weight is 225 g/mol. The molecule has 0 aliphatic rings. The van der Waals surface area contributed by atoms with Crippen LogP contribution in [-0.2, 0) is 13.6 Å². The van der Waals surface area contributed by atoms with Crippen molar-refractivity contribution >= 4 is 11.6 Å². The third kappa shape index (κ3) is 1.92. The molecular formula is C9H9ClN4O. The summed E-state index contributed by atoms with van der Waals surface area (Å²) in [5.74, 6) is 0. The summed E-state index contributed by atoms with van der Waals surface area (Å²) in [5.41, 5.74) is 0.639. The van der Waals surface area contributed by atoms with Gasteiger partial charge in [-0.05, 0) is 0 Å². The second kappa shape index (κ2) is 3.86. The SMILES string of the molecule is Cn1cncc1Cn1ccnc(Cl)c1=O. The molecule has 0 saturated carbocycles. The zero-order chi connectivity index (χ0) is 10.8. The molecule has 2 rings (SSSR count). The second-order valence-corrected chi connectivity index (χ2v) is 3.51. The Hall–Kier alpha value is -1.62. The highest BCUT2D eigenvalue weighted by atomic mass is 35.5. The first-order valence-electron chi connectivity index (χ1n) is 4.34. The maximum Gasteiger partial charge on any atom is 0.288 e. The van der Waals surface area contributed by atoms with Gasteiger partial charge < -0.3 is 9.13 Å². The quantitative estimate of drug-likeness (QED) is 0.754. The molecule has 0 spiro atoms. The molecule has 15 heavy (non-hydrogen) atoms. The molecule has 0 atom stereocenters. The highest BCUT2D eigenvalue weighted by molar-refractivity contribution is 6.29. The molecular weight excluding hydrogens is 216 g/mol. The fraction of sp³-hybridized carbons (Fsp3) is 0.222. The Labute approximate surface area is 91.0 Å². The van der Waals surface area contributed by atoms with Gasteiger partial charge in [-0.15, -0.1) is 0 Å². The van der Waals surface area contributed by atoms with E-state index in [2.05, 4.69) is 9.97 Å². The van der Waals surface area contributed by atoms with Crippen LogP contribution in [0.2, 0.25) is 5.15 Å². The van der Waals surface area contributed by atoms with Gasteiger partial charge in [0, 0.05) is 25.6 Å². The zero-order valence-corrected chi connectivity index (χ0v) is 8.85. The van der Waals surface area contributed by atoms with E-state index in [0.29, 0.717) is 6.54 Å². The molecule has 78 valence electrons. The van der Waals surface area contributed by atoms with Crippen molar-refractivity contribution in [2.75, 3.05) is 0 Å². The van der Waals surface area contributed by atoms with Crippen molar-refractivity contribution in [2.45, 2.75) is 6.54 Å². The van der Waals surface area contributed by atoms with E-state index in [1.54, 1.807) is 18.7 Å². The van der Waals surface area contributed by atoms with E-state index in [4.69, 9.17) is 11.6 Å². The minimum atomic E-state index is -0.291. The van der Waals surface area contributed by atoms with E-state index in [0.717, 1.165) is 5.69 Å². The summed E-state index contributed by atoms with van der Waals surface area (Å²) in [5, 5.41) is -0.0142. The molecule has 0 unspecified atom stereocenters. The van der Waals surface area contributed by atoms with Gasteiger partial charge in [0.15, 0.2) is 5.15 Å². The van der Waals surface area contributed by atoms with Crippen LogP contribution in [0.1, 0.15) is 5.69 Å². The van der Waals surface area contributed by atoms with Gasteiger partial charge in [-0.1, -0.05) is 11.6 Å². The number of hydrogen-bond donors (Lipinski definition) is 0. The number of aryl methyl sites for hydroxylation is 1. The number of nitrogens with zero attached hydrogens (tertiary/aromatic N) is 4. The fourth-order valence-electron chi connectivity index (χ4n) is 1.26. The smallest absolute Gasteiger partial charge is 0.288 e. The summed E-state index contributed by atoms with van der Waals surface area (Å²) in [7, 11) is 1.87. The summed E-state index contributed by atoms with van der Waals surface area (Å²) in [6.45, 7) is 0.442. The van der Waals surface area contributed by atoms with E-state index in [1.807, 2.05) is 11.6 Å². The third-order valence-electron chi connectivity index (χ3n) is 2.12. The average Bonchev–Trinajstić information content (AvgIpc) is 2.60. The van der Waals surface area contributed by atoms with E-state index < -0.39 is 0 Å². The number of hydrogen-bond acceptors (Lipinski definition) is 3. The van der Waals surface area contributed by atoms with Crippen molar-refractivity contribution in [3.63, 3.8) is 0 Å². The lowest BCUT2D eigenvalue weighted by atomic mass is 10.4. The Kier molecular flexibility index (Phi) is 2.55. The van der Waals surface area contributed by atoms with Crippen LogP contribution in [0.15, 0.2) is 29.7 Å². The lowest BCUT2D eigenvalue weighted by molar-refractivity contribution is 0.693. The summed E-state index contributed by atoms with van der Waals surface area (Å²) < 4.78 is 3.34. The van der Waals surface area contributed by atoms with Gasteiger partial charge in [0.1, 0.15) is 0 Å². The van der Waals surface area contributed by atoms with Gasteiger partial charge in [-0.2, -0.15) is 0 Å². The lowest BCUT2D eigenvalue weighted by Gasteiger charge is -2.05. The molecule has 0 saturated heterocycles. The Morgan fingerprint density at radius 2 is 2.33 bits per heavy atom. The first-order chi connectivity index (χ1) is 7.18. The predicted molar refractivity (Wildman–Crippen MR) is 55.8 cm³/mol. The summed E-state index contributed by atoms with van der Waals surface area (Å²) in [4.78, 5) is 19.2. The monoisotopic (exact) mass is 224 g/mol. The van der Waals surface area contributed by atoms with Crippen molar-refractivity contribution in [3.8, 4) is 0 Å². The van der Waals surface area contributed by atoms with Gasteiger partial charge in [0.05, 0.1) is 18.6 Å². The number of rotatable bonds is 2. The highest BCUT2D eigenvalue weighted by Crippen LogP contribution is 2.00. The van der Waals surface area contributed by atoms with Crippen LogP contribution in [0.4, 0.5) is 0 Å². The van der Waals surface area contributed by atoms with Crippen molar-refractivity contribution in [1.29, 1.82) is 0 Å². The molecule has 0 amide bonds. The fourth-order valence-corrected chi connectivity index (χ4v) is 1.42. The van der Waals surface area contributed by atoms with E-state index in [9.17, 15) is 4.79 Å². The molecule has 0 N–H and O–H groups in total. The molecule has 0 bridgehead atoms. The van der Waals surface area contributed by atoms with Crippen molar-refractivity contribution in [3.05, 3.63) is 46.1 Å². The Balaban J connectivity index is 2.37. The van der Waals surface area contributed by atoms with Crippen LogP contribution in [0, 0.1) is 0 Å². The van der Waals surface area contributed by atoms with Crippen LogP contribution >= 0.6 is 11.6 Å². The molecule has 0 aliphatic carbocycles. The highest BCUT2D eigenvalue weighted by Gasteiger charge is 2.04. The van der Waals surface area contributed by atoms with Crippen molar-refractivity contribution in [2.24, 2.45) is 7.05 Å². The Bertz CT molecular complexity index is 531. The molecule has 2 heterocycles. The molecule has 2 aromatic heterocycles. The van der Waals surface area contributed by atoms with Crippen molar-refractivity contribution < 1.29 is 0 Å². The molecule has 0 radical (unpaired) electrons. The van der Waals surface area contributed by atoms with Crippen LogP contribution in [-0.4, -0.2) is 19.1 Å². The third-order valence-corrected chi connectivity index (χ3v) is 2.38. The molecule has 6 heteroatoms. The molecule has 0 aliphatic heterocycles. The van der Waals surface area contributed by atoms with Gasteiger partial charge >= 0.3 is 0 Å². The molecule has 5 nitrogen and oxygen atoms in total. The van der Waals surface area contributed by atoms with Gasteiger partial charge in [-0.25, -0.2) is 9.97 Å². The van der Waals surface area contributed by atoms with Crippen LogP contribution in [0.5, 0.6) is 0 Å². The topological polar surface area (TPSA) is 52.7 Å². The normalized spacial score (nSPS) is 10.5. The zero-order valence-electron chi connectivity index (χ0n) is 8.09. The lowest BCUT2D eigenvalue weighted by Crippen LogP contribution is -2.22. The summed E-state index contributed by atoms with van der Waals surface area (Å²) in [6.07, 6.45) is 6.49. The van der Waals surface area contributed by atoms with Gasteiger partial charge in [0.25, 0.3) is 5.56 Å². The molecule has 0 fully saturated rings. The minimum absolute atomic E-state index is 0.0142. The van der Waals surface area contributed by atoms with Crippen molar-refractivity contribution in [1.82, 2.24) is 19.1 Å². The number of imidazole rings is 1. The molecule has 2 aromatic rings. The second-order valence-electron chi connectivity index (χ2n) is 3.15. The number of halogens is 1. The maximum atomic E-state index is 11.5. The first-order valence-corrected chi connectivity index (χ1v) is 4.72. The summed E-state index contributed by atoms with van der Waals surface area (Å²) >= 11 is 5.63. The first kappa shape index (κ1) is 9.92. The van der Waals surface area contributed by atoms with Gasteiger partial charge in [0.2, 0.25) is 0 Å². The summed E-state index contributed by atoms with van der Waals surface area (Å²) in [6, 6.07) is 0. The predicted octanol–water partition coefficient (Wildman–Crippen LogP) is 0.678. The number of aromatic nitrogens is 4.